The van der Waals surface area contributed by atoms with Crippen LogP contribution in [0.2, 0.25) is 0 Å². The van der Waals surface area contributed by atoms with E-state index in [2.05, 4.69) is 20.8 Å². The van der Waals surface area contributed by atoms with Gasteiger partial charge in [-0.3, -0.25) is 4.79 Å². The van der Waals surface area contributed by atoms with Crippen molar-refractivity contribution in [1.29, 1.82) is 0 Å². The van der Waals surface area contributed by atoms with Crippen molar-refractivity contribution in [2.45, 2.75) is 62.4 Å². The van der Waals surface area contributed by atoms with Gasteiger partial charge in [0.15, 0.2) is 0 Å². The molecule has 0 radical (unpaired) electrons. The molecule has 2 atom stereocenters. The van der Waals surface area contributed by atoms with Crippen molar-refractivity contribution in [2.75, 3.05) is 24.2 Å². The van der Waals surface area contributed by atoms with Gasteiger partial charge in [0.25, 0.3) is 5.89 Å². The standard InChI is InChI=1S/C29H32FN5O6S/c1-28(2,3)41-26(37)32-21-16-42-22-11-10-19(14-20(22)31-23(21)36)24-33-34-25(40-24)29(30)12-7-13-35(17-29)27(38)39-15-18-8-5-4-6-9-18/h4-6,8-11,14,21H,7,12-13,15-17H2,1-3H3,(H,31,36)(H,32,37)/t21-,29?/m0/s1. The summed E-state index contributed by atoms with van der Waals surface area (Å²) in [5.74, 6) is -0.259. The molecule has 0 spiro atoms. The topological polar surface area (TPSA) is 136 Å². The summed E-state index contributed by atoms with van der Waals surface area (Å²) in [6, 6.07) is 13.6. The Hall–Kier alpha value is -4.13. The number of nitrogens with zero attached hydrogens (tertiary/aromatic N) is 3. The van der Waals surface area contributed by atoms with Gasteiger partial charge in [0, 0.05) is 22.8 Å². The van der Waals surface area contributed by atoms with Crippen LogP contribution < -0.4 is 10.6 Å². The fourth-order valence-corrected chi connectivity index (χ4v) is 5.60. The van der Waals surface area contributed by atoms with E-state index in [4.69, 9.17) is 13.9 Å². The molecule has 0 saturated carbocycles. The van der Waals surface area contributed by atoms with Gasteiger partial charge < -0.3 is 29.4 Å². The lowest BCUT2D eigenvalue weighted by Crippen LogP contribution is -2.46. The predicted octanol–water partition coefficient (Wildman–Crippen LogP) is 5.27. The quantitative estimate of drug-likeness (QED) is 0.403. The second-order valence-corrected chi connectivity index (χ2v) is 12.2. The fourth-order valence-electron chi connectivity index (χ4n) is 4.58. The van der Waals surface area contributed by atoms with Gasteiger partial charge in [0.05, 0.1) is 12.2 Å². The number of anilines is 1. The zero-order chi connectivity index (χ0) is 29.9. The van der Waals surface area contributed by atoms with Crippen LogP contribution in [-0.4, -0.2) is 63.7 Å². The minimum atomic E-state index is -2.04. The molecule has 3 heterocycles. The number of carbonyl (C=O) groups excluding carboxylic acids is 3. The molecule has 1 fully saturated rings. The first-order valence-corrected chi connectivity index (χ1v) is 14.5. The molecule has 5 rings (SSSR count). The van der Waals surface area contributed by atoms with Crippen molar-refractivity contribution in [3.05, 3.63) is 60.0 Å². The summed E-state index contributed by atoms with van der Waals surface area (Å²) in [6.07, 6.45) is -0.784. The van der Waals surface area contributed by atoms with Crippen LogP contribution in [0.25, 0.3) is 11.5 Å². The van der Waals surface area contributed by atoms with E-state index in [-0.39, 0.29) is 31.4 Å². The van der Waals surface area contributed by atoms with E-state index >= 15 is 4.39 Å². The first-order valence-electron chi connectivity index (χ1n) is 13.6. The molecule has 3 amide bonds. The lowest BCUT2D eigenvalue weighted by Gasteiger charge is -2.34. The number of hydrogen-bond donors (Lipinski definition) is 2. The molecule has 11 nitrogen and oxygen atoms in total. The number of halogens is 1. The molecule has 1 aromatic heterocycles. The number of carbonyl (C=O) groups is 3. The Morgan fingerprint density at radius 3 is 2.76 bits per heavy atom. The van der Waals surface area contributed by atoms with E-state index in [9.17, 15) is 14.4 Å². The molecular formula is C29H32FN5O6S. The number of likely N-dealkylation sites (tertiary alicyclic amines) is 1. The van der Waals surface area contributed by atoms with Crippen LogP contribution in [0.15, 0.2) is 57.8 Å². The number of alkyl halides is 1. The van der Waals surface area contributed by atoms with Gasteiger partial charge in [-0.25, -0.2) is 14.0 Å². The predicted molar refractivity (Wildman–Crippen MR) is 152 cm³/mol. The smallest absolute Gasteiger partial charge is 0.410 e. The maximum Gasteiger partial charge on any atom is 0.410 e. The number of alkyl carbamates (subject to hydrolysis) is 1. The molecule has 3 aromatic rings. The third kappa shape index (κ3) is 7.01. The Morgan fingerprint density at radius 1 is 1.21 bits per heavy atom. The molecule has 1 saturated heterocycles. The minimum absolute atomic E-state index is 0.0699. The molecule has 2 aliphatic heterocycles. The monoisotopic (exact) mass is 597 g/mol. The maximum absolute atomic E-state index is 16.1. The number of rotatable bonds is 5. The lowest BCUT2D eigenvalue weighted by atomic mass is 9.95. The van der Waals surface area contributed by atoms with Gasteiger partial charge in [0.2, 0.25) is 17.5 Å². The number of fused-ring (bicyclic) bond motifs is 1. The maximum atomic E-state index is 16.1. The van der Waals surface area contributed by atoms with E-state index < -0.39 is 35.4 Å². The highest BCUT2D eigenvalue weighted by atomic mass is 32.2. The molecule has 2 N–H and O–H groups in total. The Morgan fingerprint density at radius 2 is 2.00 bits per heavy atom. The van der Waals surface area contributed by atoms with Crippen LogP contribution in [0.5, 0.6) is 0 Å². The zero-order valence-electron chi connectivity index (χ0n) is 23.5. The molecule has 0 bridgehead atoms. The number of piperidine rings is 1. The number of amides is 3. The third-order valence-electron chi connectivity index (χ3n) is 6.61. The van der Waals surface area contributed by atoms with E-state index in [1.165, 1.54) is 16.7 Å². The summed E-state index contributed by atoms with van der Waals surface area (Å²) >= 11 is 1.39. The van der Waals surface area contributed by atoms with Crippen LogP contribution in [0.3, 0.4) is 0 Å². The highest BCUT2D eigenvalue weighted by Gasteiger charge is 2.44. The van der Waals surface area contributed by atoms with Crippen molar-refractivity contribution in [1.82, 2.24) is 20.4 Å². The van der Waals surface area contributed by atoms with Crippen molar-refractivity contribution in [2.24, 2.45) is 0 Å². The first-order chi connectivity index (χ1) is 20.0. The molecule has 2 aromatic carbocycles. The van der Waals surface area contributed by atoms with Crippen molar-refractivity contribution < 1.29 is 32.7 Å². The molecule has 13 heteroatoms. The minimum Gasteiger partial charge on any atom is -0.445 e. The van der Waals surface area contributed by atoms with Gasteiger partial charge in [-0.2, -0.15) is 0 Å². The summed E-state index contributed by atoms with van der Waals surface area (Å²) in [7, 11) is 0. The number of hydrogen-bond acceptors (Lipinski definition) is 9. The molecule has 1 unspecified atom stereocenters. The van der Waals surface area contributed by atoms with E-state index in [1.807, 2.05) is 30.3 Å². The molecular weight excluding hydrogens is 565 g/mol. The third-order valence-corrected chi connectivity index (χ3v) is 7.78. The number of ether oxygens (including phenoxy) is 2. The Balaban J connectivity index is 1.24. The molecule has 2 aliphatic rings. The molecule has 0 aliphatic carbocycles. The normalized spacial score (nSPS) is 20.6. The Kier molecular flexibility index (Phi) is 8.39. The van der Waals surface area contributed by atoms with E-state index in [0.29, 0.717) is 30.0 Å². The second-order valence-electron chi connectivity index (χ2n) is 11.2. The van der Waals surface area contributed by atoms with Crippen molar-refractivity contribution in [3.8, 4) is 11.5 Å². The average molecular weight is 598 g/mol. The van der Waals surface area contributed by atoms with Crippen LogP contribution in [0.4, 0.5) is 19.7 Å². The highest BCUT2D eigenvalue weighted by molar-refractivity contribution is 7.99. The summed E-state index contributed by atoms with van der Waals surface area (Å²) < 4.78 is 32.5. The number of aromatic nitrogens is 2. The SMILES string of the molecule is CC(C)(C)OC(=O)N[C@H]1CSc2ccc(-c3nnc(C4(F)CCCN(C(=O)OCc5ccccc5)C4)o3)cc2NC1=O. The lowest BCUT2D eigenvalue weighted by molar-refractivity contribution is -0.117. The largest absolute Gasteiger partial charge is 0.445 e. The van der Waals surface area contributed by atoms with Crippen LogP contribution in [0, 0.1) is 0 Å². The van der Waals surface area contributed by atoms with Crippen LogP contribution >= 0.6 is 11.8 Å². The van der Waals surface area contributed by atoms with Crippen molar-refractivity contribution in [3.63, 3.8) is 0 Å². The van der Waals surface area contributed by atoms with Gasteiger partial charge in [-0.05, 0) is 57.4 Å². The zero-order valence-corrected chi connectivity index (χ0v) is 24.3. The second kappa shape index (κ2) is 12.0. The number of thioether (sulfide) groups is 1. The van der Waals surface area contributed by atoms with Gasteiger partial charge >= 0.3 is 12.2 Å². The van der Waals surface area contributed by atoms with Crippen LogP contribution in [0.1, 0.15) is 45.1 Å². The molecule has 222 valence electrons. The fraction of sp³-hybridized carbons (Fsp3) is 0.414. The van der Waals surface area contributed by atoms with Gasteiger partial charge in [0.1, 0.15) is 18.2 Å². The Bertz CT molecular complexity index is 1460. The van der Waals surface area contributed by atoms with E-state index in [1.54, 1.807) is 39.0 Å². The van der Waals surface area contributed by atoms with Gasteiger partial charge in [-0.1, -0.05) is 30.3 Å². The number of nitrogens with one attached hydrogen (secondary N) is 2. The van der Waals surface area contributed by atoms with Crippen molar-refractivity contribution >= 4 is 35.5 Å². The molecule has 42 heavy (non-hydrogen) atoms. The first kappa shape index (κ1) is 29.4. The summed E-state index contributed by atoms with van der Waals surface area (Å²) in [6.45, 7) is 5.39. The van der Waals surface area contributed by atoms with E-state index in [0.717, 1.165) is 10.5 Å². The highest BCUT2D eigenvalue weighted by Crippen LogP contribution is 2.38. The number of benzene rings is 2. The van der Waals surface area contributed by atoms with Crippen LogP contribution in [-0.2, 0) is 26.5 Å². The summed E-state index contributed by atoms with van der Waals surface area (Å²) in [5, 5.41) is 13.4. The van der Waals surface area contributed by atoms with Gasteiger partial charge in [-0.15, -0.1) is 22.0 Å². The summed E-state index contributed by atoms with van der Waals surface area (Å²) in [5.41, 5.74) is -0.924. The Labute approximate surface area is 246 Å². The average Bonchev–Trinajstić information content (AvgIpc) is 3.40. The summed E-state index contributed by atoms with van der Waals surface area (Å²) in [4.78, 5) is 39.8.